The predicted octanol–water partition coefficient (Wildman–Crippen LogP) is 2.42. The van der Waals surface area contributed by atoms with Crippen molar-refractivity contribution in [3.63, 3.8) is 0 Å². The van der Waals surface area contributed by atoms with Gasteiger partial charge in [0.15, 0.2) is 0 Å². The van der Waals surface area contributed by atoms with Gasteiger partial charge in [-0.2, -0.15) is 0 Å². The summed E-state index contributed by atoms with van der Waals surface area (Å²) in [5.41, 5.74) is 0. The zero-order chi connectivity index (χ0) is 11.2. The van der Waals surface area contributed by atoms with Gasteiger partial charge in [0.2, 0.25) is 0 Å². The zero-order valence-electron chi connectivity index (χ0n) is 10.0. The average Bonchev–Trinajstić information content (AvgIpc) is 2.91. The van der Waals surface area contributed by atoms with Crippen LogP contribution in [0.2, 0.25) is 0 Å². The van der Waals surface area contributed by atoms with E-state index in [-0.39, 0.29) is 0 Å². The summed E-state index contributed by atoms with van der Waals surface area (Å²) >= 11 is 1.81. The molecule has 1 N–H and O–H groups in total. The van der Waals surface area contributed by atoms with Crippen LogP contribution in [-0.2, 0) is 12.8 Å². The molecule has 90 valence electrons. The highest BCUT2D eigenvalue weighted by atomic mass is 32.1. The van der Waals surface area contributed by atoms with Gasteiger partial charge in [-0.1, -0.05) is 32.6 Å². The van der Waals surface area contributed by atoms with Crippen molar-refractivity contribution in [2.45, 2.75) is 45.4 Å². The molecule has 16 heavy (non-hydrogen) atoms. The first-order chi connectivity index (χ1) is 7.88. The molecule has 1 fully saturated rings. The van der Waals surface area contributed by atoms with E-state index < -0.39 is 0 Å². The standard InChI is InChI=1S/C12H21N3S/c1-2-13-8-7-11-14-15-12(16-11)9-10-5-3-4-6-10/h10,13H,2-9H2,1H3. The summed E-state index contributed by atoms with van der Waals surface area (Å²) in [6, 6.07) is 0. The van der Waals surface area contributed by atoms with Crippen molar-refractivity contribution in [2.24, 2.45) is 5.92 Å². The lowest BCUT2D eigenvalue weighted by Crippen LogP contribution is -2.15. The van der Waals surface area contributed by atoms with Crippen LogP contribution in [0.15, 0.2) is 0 Å². The van der Waals surface area contributed by atoms with Gasteiger partial charge in [0.25, 0.3) is 0 Å². The molecule has 3 nitrogen and oxygen atoms in total. The molecule has 2 rings (SSSR count). The van der Waals surface area contributed by atoms with Gasteiger partial charge in [0.05, 0.1) is 0 Å². The molecule has 0 unspecified atom stereocenters. The smallest absolute Gasteiger partial charge is 0.118 e. The normalized spacial score (nSPS) is 17.1. The first-order valence-corrected chi connectivity index (χ1v) is 7.22. The van der Waals surface area contributed by atoms with Gasteiger partial charge in [-0.25, -0.2) is 0 Å². The number of nitrogens with zero attached hydrogens (tertiary/aromatic N) is 2. The maximum absolute atomic E-state index is 4.30. The fourth-order valence-corrected chi connectivity index (χ4v) is 3.26. The zero-order valence-corrected chi connectivity index (χ0v) is 10.9. The maximum atomic E-state index is 4.30. The van der Waals surface area contributed by atoms with Crippen LogP contribution < -0.4 is 5.32 Å². The highest BCUT2D eigenvalue weighted by Crippen LogP contribution is 2.28. The lowest BCUT2D eigenvalue weighted by atomic mass is 10.1. The number of hydrogen-bond acceptors (Lipinski definition) is 4. The molecule has 0 spiro atoms. The molecule has 1 aromatic heterocycles. The first-order valence-electron chi connectivity index (χ1n) is 6.40. The number of nitrogens with one attached hydrogen (secondary N) is 1. The number of rotatable bonds is 6. The van der Waals surface area contributed by atoms with Crippen LogP contribution >= 0.6 is 11.3 Å². The number of likely N-dealkylation sites (N-methyl/N-ethyl adjacent to an activating group) is 1. The van der Waals surface area contributed by atoms with Crippen molar-refractivity contribution in [1.82, 2.24) is 15.5 Å². The molecule has 1 heterocycles. The van der Waals surface area contributed by atoms with E-state index in [1.54, 1.807) is 0 Å². The topological polar surface area (TPSA) is 37.8 Å². The summed E-state index contributed by atoms with van der Waals surface area (Å²) in [6.45, 7) is 4.19. The van der Waals surface area contributed by atoms with E-state index >= 15 is 0 Å². The molecule has 1 aliphatic carbocycles. The van der Waals surface area contributed by atoms with Crippen molar-refractivity contribution in [3.05, 3.63) is 10.0 Å². The predicted molar refractivity (Wildman–Crippen MR) is 67.8 cm³/mol. The molecule has 0 atom stereocenters. The van der Waals surface area contributed by atoms with Crippen molar-refractivity contribution < 1.29 is 0 Å². The molecule has 0 bridgehead atoms. The van der Waals surface area contributed by atoms with E-state index in [1.165, 1.54) is 42.1 Å². The summed E-state index contributed by atoms with van der Waals surface area (Å²) in [7, 11) is 0. The van der Waals surface area contributed by atoms with Crippen molar-refractivity contribution in [1.29, 1.82) is 0 Å². The van der Waals surface area contributed by atoms with Crippen LogP contribution in [0.5, 0.6) is 0 Å². The molecule has 1 saturated carbocycles. The Bertz CT molecular complexity index is 305. The van der Waals surface area contributed by atoms with Crippen LogP contribution in [0.1, 0.15) is 42.6 Å². The molecule has 0 saturated heterocycles. The lowest BCUT2D eigenvalue weighted by molar-refractivity contribution is 0.542. The molecule has 0 amide bonds. The third-order valence-electron chi connectivity index (χ3n) is 3.21. The Morgan fingerprint density at radius 2 is 2.00 bits per heavy atom. The van der Waals surface area contributed by atoms with E-state index in [4.69, 9.17) is 0 Å². The summed E-state index contributed by atoms with van der Waals surface area (Å²) in [4.78, 5) is 0. The van der Waals surface area contributed by atoms with Gasteiger partial charge in [-0.05, 0) is 12.5 Å². The fraction of sp³-hybridized carbons (Fsp3) is 0.833. The SMILES string of the molecule is CCNCCc1nnc(CC2CCCC2)s1. The van der Waals surface area contributed by atoms with Crippen molar-refractivity contribution in [3.8, 4) is 0 Å². The summed E-state index contributed by atoms with van der Waals surface area (Å²) in [5.74, 6) is 0.884. The Balaban J connectivity index is 1.77. The number of hydrogen-bond donors (Lipinski definition) is 1. The van der Waals surface area contributed by atoms with Crippen LogP contribution in [-0.4, -0.2) is 23.3 Å². The second kappa shape index (κ2) is 6.30. The Hall–Kier alpha value is -0.480. The summed E-state index contributed by atoms with van der Waals surface area (Å²) < 4.78 is 0. The third kappa shape index (κ3) is 3.52. The molecular formula is C12H21N3S. The van der Waals surface area contributed by atoms with Gasteiger partial charge in [-0.15, -0.1) is 21.5 Å². The van der Waals surface area contributed by atoms with E-state index in [1.807, 2.05) is 11.3 Å². The van der Waals surface area contributed by atoms with Gasteiger partial charge in [-0.3, -0.25) is 0 Å². The molecule has 0 aliphatic heterocycles. The monoisotopic (exact) mass is 239 g/mol. The van der Waals surface area contributed by atoms with Crippen LogP contribution in [0, 0.1) is 5.92 Å². The number of aromatic nitrogens is 2. The average molecular weight is 239 g/mol. The quantitative estimate of drug-likeness (QED) is 0.775. The lowest BCUT2D eigenvalue weighted by Gasteiger charge is -2.03. The third-order valence-corrected chi connectivity index (χ3v) is 4.22. The minimum Gasteiger partial charge on any atom is -0.317 e. The van der Waals surface area contributed by atoms with E-state index in [9.17, 15) is 0 Å². The largest absolute Gasteiger partial charge is 0.317 e. The molecule has 4 heteroatoms. The molecule has 0 aromatic carbocycles. The second-order valence-corrected chi connectivity index (χ2v) is 5.69. The first kappa shape index (κ1) is 12.0. The van der Waals surface area contributed by atoms with E-state index in [2.05, 4.69) is 22.4 Å². The maximum Gasteiger partial charge on any atom is 0.118 e. The fourth-order valence-electron chi connectivity index (χ4n) is 2.31. The van der Waals surface area contributed by atoms with Crippen LogP contribution in [0.25, 0.3) is 0 Å². The van der Waals surface area contributed by atoms with Gasteiger partial charge >= 0.3 is 0 Å². The molecular weight excluding hydrogens is 218 g/mol. The second-order valence-electron chi connectivity index (χ2n) is 4.55. The van der Waals surface area contributed by atoms with E-state index in [0.717, 1.165) is 25.4 Å². The van der Waals surface area contributed by atoms with Gasteiger partial charge in [0, 0.05) is 19.4 Å². The van der Waals surface area contributed by atoms with Gasteiger partial charge in [0.1, 0.15) is 10.0 Å². The van der Waals surface area contributed by atoms with Crippen LogP contribution in [0.3, 0.4) is 0 Å². The Kier molecular flexibility index (Phi) is 4.72. The van der Waals surface area contributed by atoms with Crippen LogP contribution in [0.4, 0.5) is 0 Å². The Morgan fingerprint density at radius 3 is 2.75 bits per heavy atom. The summed E-state index contributed by atoms with van der Waals surface area (Å²) in [6.07, 6.45) is 7.81. The molecule has 0 radical (unpaired) electrons. The highest BCUT2D eigenvalue weighted by molar-refractivity contribution is 7.11. The minimum atomic E-state index is 0.884. The Morgan fingerprint density at radius 1 is 1.25 bits per heavy atom. The molecule has 1 aliphatic rings. The van der Waals surface area contributed by atoms with E-state index in [0.29, 0.717) is 0 Å². The molecule has 1 aromatic rings. The van der Waals surface area contributed by atoms with Crippen molar-refractivity contribution >= 4 is 11.3 Å². The van der Waals surface area contributed by atoms with Gasteiger partial charge < -0.3 is 5.32 Å². The summed E-state index contributed by atoms with van der Waals surface area (Å²) in [5, 5.41) is 14.3. The minimum absolute atomic E-state index is 0.884. The highest BCUT2D eigenvalue weighted by Gasteiger charge is 2.17. The Labute approximate surface area is 102 Å². The van der Waals surface area contributed by atoms with Crippen molar-refractivity contribution in [2.75, 3.05) is 13.1 Å².